The van der Waals surface area contributed by atoms with Gasteiger partial charge in [0.2, 0.25) is 5.91 Å². The largest absolute Gasteiger partial charge is 0.347 e. The topological polar surface area (TPSA) is 47.3 Å². The summed E-state index contributed by atoms with van der Waals surface area (Å²) in [6, 6.07) is 2.13. The van der Waals surface area contributed by atoms with Gasteiger partial charge in [-0.15, -0.1) is 0 Å². The van der Waals surface area contributed by atoms with Crippen molar-refractivity contribution in [3.05, 3.63) is 0 Å². The maximum Gasteiger partial charge on any atom is 0.239 e. The molecule has 0 saturated carbocycles. The minimum atomic E-state index is 0.0124. The first-order valence-corrected chi connectivity index (χ1v) is 4.99. The van der Waals surface area contributed by atoms with Crippen LogP contribution in [0.5, 0.6) is 0 Å². The minimum absolute atomic E-state index is 0.0124. The van der Waals surface area contributed by atoms with Crippen molar-refractivity contribution in [2.24, 2.45) is 0 Å². The molecule has 0 aromatic heterocycles. The molecule has 0 N–H and O–H groups in total. The quantitative estimate of drug-likeness (QED) is 0.657. The highest BCUT2D eigenvalue weighted by molar-refractivity contribution is 5.81. The average Bonchev–Trinajstić information content (AvgIpc) is 2.61. The van der Waals surface area contributed by atoms with E-state index in [2.05, 4.69) is 11.0 Å². The zero-order valence-electron chi connectivity index (χ0n) is 8.86. The second-order valence-electron chi connectivity index (χ2n) is 3.83. The Hall–Kier alpha value is -1.08. The highest BCUT2D eigenvalue weighted by Crippen LogP contribution is 2.18. The molecule has 0 radical (unpaired) electrons. The third kappa shape index (κ3) is 2.46. The van der Waals surface area contributed by atoms with Gasteiger partial charge < -0.3 is 4.90 Å². The van der Waals surface area contributed by atoms with Crippen molar-refractivity contribution in [2.75, 3.05) is 27.2 Å². The summed E-state index contributed by atoms with van der Waals surface area (Å²) in [5.74, 6) is 0.167. The first-order chi connectivity index (χ1) is 6.66. The summed E-state index contributed by atoms with van der Waals surface area (Å²) >= 11 is 0. The highest BCUT2D eigenvalue weighted by Gasteiger charge is 2.30. The molecule has 1 unspecified atom stereocenters. The van der Waals surface area contributed by atoms with Gasteiger partial charge >= 0.3 is 0 Å². The number of hydrogen-bond acceptors (Lipinski definition) is 3. The fraction of sp³-hybridized carbons (Fsp3) is 0.800. The first kappa shape index (κ1) is 11.0. The van der Waals surface area contributed by atoms with E-state index in [1.165, 1.54) is 0 Å². The molecule has 1 fully saturated rings. The lowest BCUT2D eigenvalue weighted by atomic mass is 10.2. The van der Waals surface area contributed by atoms with Crippen molar-refractivity contribution >= 4 is 5.91 Å². The van der Waals surface area contributed by atoms with Crippen LogP contribution in [0.1, 0.15) is 19.3 Å². The van der Waals surface area contributed by atoms with Gasteiger partial charge in [-0.3, -0.25) is 9.69 Å². The van der Waals surface area contributed by atoms with Crippen molar-refractivity contribution in [2.45, 2.75) is 25.3 Å². The molecule has 1 saturated heterocycles. The number of carbonyl (C=O) groups excluding carboxylic acids is 1. The summed E-state index contributed by atoms with van der Waals surface area (Å²) in [5, 5.41) is 8.49. The molecule has 0 bridgehead atoms. The molecule has 1 heterocycles. The van der Waals surface area contributed by atoms with Gasteiger partial charge in [0, 0.05) is 27.1 Å². The lowest BCUT2D eigenvalue weighted by molar-refractivity contribution is -0.133. The fourth-order valence-corrected chi connectivity index (χ4v) is 1.87. The lowest BCUT2D eigenvalue weighted by Crippen LogP contribution is -2.42. The van der Waals surface area contributed by atoms with Crippen molar-refractivity contribution in [3.8, 4) is 6.07 Å². The van der Waals surface area contributed by atoms with Gasteiger partial charge in [0.15, 0.2) is 0 Å². The summed E-state index contributed by atoms with van der Waals surface area (Å²) < 4.78 is 0. The molecule has 0 aromatic rings. The summed E-state index contributed by atoms with van der Waals surface area (Å²) in [7, 11) is 3.56. The Bertz CT molecular complexity index is 244. The zero-order valence-corrected chi connectivity index (χ0v) is 8.86. The number of carbonyl (C=O) groups is 1. The van der Waals surface area contributed by atoms with Gasteiger partial charge in [0.1, 0.15) is 0 Å². The average molecular weight is 195 g/mol. The highest BCUT2D eigenvalue weighted by atomic mass is 16.2. The Morgan fingerprint density at radius 3 is 2.93 bits per heavy atom. The second-order valence-corrected chi connectivity index (χ2v) is 3.83. The van der Waals surface area contributed by atoms with Gasteiger partial charge in [-0.1, -0.05) is 0 Å². The predicted octanol–water partition coefficient (Wildman–Crippen LogP) is 0.453. The van der Waals surface area contributed by atoms with Gasteiger partial charge in [-0.05, 0) is 19.4 Å². The molecule has 4 nitrogen and oxygen atoms in total. The van der Waals surface area contributed by atoms with Crippen molar-refractivity contribution in [1.82, 2.24) is 9.80 Å². The lowest BCUT2D eigenvalue weighted by Gasteiger charge is -2.25. The predicted molar refractivity (Wildman–Crippen MR) is 53.5 cm³/mol. The molecular formula is C10H17N3O. The summed E-state index contributed by atoms with van der Waals surface area (Å²) in [6.45, 7) is 1.67. The Kier molecular flexibility index (Phi) is 3.90. The van der Waals surface area contributed by atoms with Crippen LogP contribution in [0.15, 0.2) is 0 Å². The Morgan fingerprint density at radius 2 is 2.36 bits per heavy atom. The van der Waals surface area contributed by atoms with Crippen molar-refractivity contribution in [1.29, 1.82) is 5.26 Å². The molecular weight excluding hydrogens is 178 g/mol. The molecule has 1 rings (SSSR count). The van der Waals surface area contributed by atoms with E-state index >= 15 is 0 Å². The van der Waals surface area contributed by atoms with Crippen LogP contribution in [0.3, 0.4) is 0 Å². The molecule has 0 aromatic carbocycles. The van der Waals surface area contributed by atoms with Crippen LogP contribution in [0.25, 0.3) is 0 Å². The number of likely N-dealkylation sites (tertiary alicyclic amines) is 1. The van der Waals surface area contributed by atoms with E-state index < -0.39 is 0 Å². The summed E-state index contributed by atoms with van der Waals surface area (Å²) in [4.78, 5) is 15.5. The molecule has 14 heavy (non-hydrogen) atoms. The maximum atomic E-state index is 11.7. The van der Waals surface area contributed by atoms with Gasteiger partial charge in [-0.2, -0.15) is 5.26 Å². The SMILES string of the molecule is CN(C)C(=O)C1CCCN1CCC#N. The molecule has 1 atom stereocenters. The molecule has 0 spiro atoms. The number of rotatable bonds is 3. The molecule has 4 heteroatoms. The van der Waals surface area contributed by atoms with E-state index in [1.807, 2.05) is 0 Å². The smallest absolute Gasteiger partial charge is 0.239 e. The summed E-state index contributed by atoms with van der Waals surface area (Å²) in [5.41, 5.74) is 0. The number of nitriles is 1. The molecule has 1 aliphatic heterocycles. The molecule has 78 valence electrons. The van der Waals surface area contributed by atoms with Crippen LogP contribution in [0.2, 0.25) is 0 Å². The third-order valence-corrected chi connectivity index (χ3v) is 2.60. The van der Waals surface area contributed by atoms with Gasteiger partial charge in [-0.25, -0.2) is 0 Å². The molecule has 0 aliphatic carbocycles. The summed E-state index contributed by atoms with van der Waals surface area (Å²) in [6.07, 6.45) is 2.51. The Morgan fingerprint density at radius 1 is 1.64 bits per heavy atom. The number of amides is 1. The van der Waals surface area contributed by atoms with Crippen LogP contribution < -0.4 is 0 Å². The Labute approximate surface area is 85.1 Å². The van der Waals surface area contributed by atoms with E-state index in [0.717, 1.165) is 25.9 Å². The number of likely N-dealkylation sites (N-methyl/N-ethyl adjacent to an activating group) is 1. The van der Waals surface area contributed by atoms with E-state index in [9.17, 15) is 4.79 Å². The monoisotopic (exact) mass is 195 g/mol. The van der Waals surface area contributed by atoms with E-state index in [0.29, 0.717) is 6.42 Å². The van der Waals surface area contributed by atoms with E-state index in [-0.39, 0.29) is 11.9 Å². The van der Waals surface area contributed by atoms with Crippen LogP contribution in [0.4, 0.5) is 0 Å². The van der Waals surface area contributed by atoms with Gasteiger partial charge in [0.05, 0.1) is 12.1 Å². The van der Waals surface area contributed by atoms with Gasteiger partial charge in [0.25, 0.3) is 0 Å². The second kappa shape index (κ2) is 4.97. The van der Waals surface area contributed by atoms with Crippen LogP contribution in [-0.4, -0.2) is 48.9 Å². The zero-order chi connectivity index (χ0) is 10.6. The van der Waals surface area contributed by atoms with Crippen LogP contribution in [0, 0.1) is 11.3 Å². The van der Waals surface area contributed by atoms with Crippen LogP contribution >= 0.6 is 0 Å². The Balaban J connectivity index is 2.51. The number of nitrogens with zero attached hydrogens (tertiary/aromatic N) is 3. The van der Waals surface area contributed by atoms with Crippen LogP contribution in [-0.2, 0) is 4.79 Å². The fourth-order valence-electron chi connectivity index (χ4n) is 1.87. The minimum Gasteiger partial charge on any atom is -0.347 e. The number of hydrogen-bond donors (Lipinski definition) is 0. The standard InChI is InChI=1S/C10H17N3O/c1-12(2)10(14)9-5-3-7-13(9)8-4-6-11/h9H,3-5,7-8H2,1-2H3. The molecule has 1 amide bonds. The first-order valence-electron chi connectivity index (χ1n) is 4.99. The normalized spacial score (nSPS) is 21.9. The molecule has 1 aliphatic rings. The van der Waals surface area contributed by atoms with E-state index in [4.69, 9.17) is 5.26 Å². The van der Waals surface area contributed by atoms with E-state index in [1.54, 1.807) is 19.0 Å². The third-order valence-electron chi connectivity index (χ3n) is 2.60. The van der Waals surface area contributed by atoms with Crippen molar-refractivity contribution < 1.29 is 4.79 Å². The maximum absolute atomic E-state index is 11.7. The van der Waals surface area contributed by atoms with Crippen molar-refractivity contribution in [3.63, 3.8) is 0 Å².